The van der Waals surface area contributed by atoms with Gasteiger partial charge in [-0.1, -0.05) is 12.1 Å². The highest BCUT2D eigenvalue weighted by atomic mass is 32.1. The van der Waals surface area contributed by atoms with Crippen LogP contribution in [0.15, 0.2) is 29.2 Å². The fourth-order valence-corrected chi connectivity index (χ4v) is 1.16. The summed E-state index contributed by atoms with van der Waals surface area (Å²) in [5.74, 6) is 0.811. The molecule has 0 atom stereocenters. The smallest absolute Gasteiger partial charge is 0.132 e. The number of thiol groups is 1. The van der Waals surface area contributed by atoms with Gasteiger partial charge in [-0.25, -0.2) is 0 Å². The van der Waals surface area contributed by atoms with Crippen molar-refractivity contribution in [3.05, 3.63) is 24.3 Å². The van der Waals surface area contributed by atoms with E-state index in [9.17, 15) is 0 Å². The molecule has 1 rings (SSSR count). The third kappa shape index (κ3) is 3.70. The zero-order valence-electron chi connectivity index (χ0n) is 7.69. The topological polar surface area (TPSA) is 18.5 Å². The van der Waals surface area contributed by atoms with Crippen LogP contribution in [0, 0.1) is 0 Å². The molecule has 0 aromatic heterocycles. The van der Waals surface area contributed by atoms with Gasteiger partial charge in [0.2, 0.25) is 0 Å². The van der Waals surface area contributed by atoms with E-state index in [1.807, 2.05) is 31.2 Å². The molecule has 0 heterocycles. The molecule has 0 aliphatic rings. The standard InChI is InChI=1S/C10H14O2S/c1-2-11-7-8-12-9-5-3-4-6-10(9)13/h3-6,13H,2,7-8H2,1H3. The van der Waals surface area contributed by atoms with Crippen molar-refractivity contribution in [3.8, 4) is 5.75 Å². The average molecular weight is 198 g/mol. The van der Waals surface area contributed by atoms with Gasteiger partial charge in [-0.3, -0.25) is 0 Å². The van der Waals surface area contributed by atoms with E-state index in [1.165, 1.54) is 0 Å². The van der Waals surface area contributed by atoms with Crippen molar-refractivity contribution < 1.29 is 9.47 Å². The number of benzene rings is 1. The summed E-state index contributed by atoms with van der Waals surface area (Å²) in [6.45, 7) is 3.89. The fourth-order valence-electron chi connectivity index (χ4n) is 0.934. The minimum atomic E-state index is 0.575. The molecule has 0 fully saturated rings. The zero-order chi connectivity index (χ0) is 9.52. The molecule has 0 aliphatic heterocycles. The van der Waals surface area contributed by atoms with Crippen LogP contribution in [-0.4, -0.2) is 19.8 Å². The van der Waals surface area contributed by atoms with Crippen LogP contribution in [0.2, 0.25) is 0 Å². The van der Waals surface area contributed by atoms with Crippen LogP contribution in [0.4, 0.5) is 0 Å². The number of rotatable bonds is 5. The molecule has 13 heavy (non-hydrogen) atoms. The summed E-state index contributed by atoms with van der Waals surface area (Å²) in [5.41, 5.74) is 0. The van der Waals surface area contributed by atoms with Gasteiger partial charge in [-0.15, -0.1) is 12.6 Å². The number of para-hydroxylation sites is 1. The van der Waals surface area contributed by atoms with Crippen LogP contribution >= 0.6 is 12.6 Å². The summed E-state index contributed by atoms with van der Waals surface area (Å²) < 4.78 is 10.6. The van der Waals surface area contributed by atoms with Crippen molar-refractivity contribution in [2.24, 2.45) is 0 Å². The zero-order valence-corrected chi connectivity index (χ0v) is 8.59. The summed E-state index contributed by atoms with van der Waals surface area (Å²) >= 11 is 4.26. The van der Waals surface area contributed by atoms with Crippen LogP contribution in [0.25, 0.3) is 0 Å². The quantitative estimate of drug-likeness (QED) is 0.578. The van der Waals surface area contributed by atoms with E-state index in [0.29, 0.717) is 13.2 Å². The highest BCUT2D eigenvalue weighted by Gasteiger charge is 1.96. The van der Waals surface area contributed by atoms with Gasteiger partial charge in [0.05, 0.1) is 6.61 Å². The maximum Gasteiger partial charge on any atom is 0.132 e. The first-order valence-electron chi connectivity index (χ1n) is 4.33. The first-order valence-corrected chi connectivity index (χ1v) is 4.78. The molecular weight excluding hydrogens is 184 g/mol. The molecule has 0 aliphatic carbocycles. The molecule has 0 N–H and O–H groups in total. The highest BCUT2D eigenvalue weighted by molar-refractivity contribution is 7.80. The van der Waals surface area contributed by atoms with Crippen molar-refractivity contribution in [3.63, 3.8) is 0 Å². The van der Waals surface area contributed by atoms with E-state index in [4.69, 9.17) is 9.47 Å². The molecule has 0 spiro atoms. The maximum atomic E-state index is 5.44. The largest absolute Gasteiger partial charge is 0.490 e. The lowest BCUT2D eigenvalue weighted by Crippen LogP contribution is -2.06. The lowest BCUT2D eigenvalue weighted by atomic mass is 10.3. The molecule has 0 saturated heterocycles. The van der Waals surface area contributed by atoms with Crippen LogP contribution in [0.3, 0.4) is 0 Å². The predicted molar refractivity (Wildman–Crippen MR) is 55.7 cm³/mol. The summed E-state index contributed by atoms with van der Waals surface area (Å²) in [7, 11) is 0. The molecule has 0 radical (unpaired) electrons. The van der Waals surface area contributed by atoms with Gasteiger partial charge in [0.25, 0.3) is 0 Å². The number of ether oxygens (including phenoxy) is 2. The van der Waals surface area contributed by atoms with Gasteiger partial charge in [-0.2, -0.15) is 0 Å². The SMILES string of the molecule is CCOCCOc1ccccc1S. The van der Waals surface area contributed by atoms with E-state index in [1.54, 1.807) is 0 Å². The van der Waals surface area contributed by atoms with Gasteiger partial charge in [-0.05, 0) is 19.1 Å². The first kappa shape index (κ1) is 10.4. The second-order valence-electron chi connectivity index (χ2n) is 2.51. The fraction of sp³-hybridized carbons (Fsp3) is 0.400. The van der Waals surface area contributed by atoms with Gasteiger partial charge in [0.15, 0.2) is 0 Å². The van der Waals surface area contributed by atoms with Crippen LogP contribution in [0.1, 0.15) is 6.92 Å². The third-order valence-electron chi connectivity index (χ3n) is 1.55. The Hall–Kier alpha value is -0.670. The Kier molecular flexibility index (Phi) is 4.72. The molecule has 0 bridgehead atoms. The lowest BCUT2D eigenvalue weighted by molar-refractivity contribution is 0.109. The second-order valence-corrected chi connectivity index (χ2v) is 2.99. The lowest BCUT2D eigenvalue weighted by Gasteiger charge is -2.07. The van der Waals surface area contributed by atoms with Gasteiger partial charge in [0.1, 0.15) is 12.4 Å². The van der Waals surface area contributed by atoms with Crippen molar-refractivity contribution in [2.75, 3.05) is 19.8 Å². The van der Waals surface area contributed by atoms with E-state index in [0.717, 1.165) is 17.3 Å². The summed E-state index contributed by atoms with van der Waals surface area (Å²) in [4.78, 5) is 0.860. The molecule has 2 nitrogen and oxygen atoms in total. The first-order chi connectivity index (χ1) is 6.34. The Morgan fingerprint density at radius 3 is 2.69 bits per heavy atom. The second kappa shape index (κ2) is 5.89. The van der Waals surface area contributed by atoms with E-state index in [-0.39, 0.29) is 0 Å². The molecule has 0 unspecified atom stereocenters. The summed E-state index contributed by atoms with van der Waals surface area (Å²) in [5, 5.41) is 0. The van der Waals surface area contributed by atoms with Crippen LogP contribution in [-0.2, 0) is 4.74 Å². The molecule has 1 aromatic carbocycles. The Bertz CT molecular complexity index is 250. The summed E-state index contributed by atoms with van der Waals surface area (Å²) in [6, 6.07) is 7.65. The monoisotopic (exact) mass is 198 g/mol. The van der Waals surface area contributed by atoms with Crippen molar-refractivity contribution in [1.29, 1.82) is 0 Å². The molecule has 72 valence electrons. The predicted octanol–water partition coefficient (Wildman–Crippen LogP) is 2.39. The maximum absolute atomic E-state index is 5.44. The third-order valence-corrected chi connectivity index (χ3v) is 1.92. The van der Waals surface area contributed by atoms with Crippen molar-refractivity contribution in [2.45, 2.75) is 11.8 Å². The Morgan fingerprint density at radius 1 is 1.23 bits per heavy atom. The summed E-state index contributed by atoms with van der Waals surface area (Å²) in [6.07, 6.45) is 0. The minimum absolute atomic E-state index is 0.575. The molecule has 0 amide bonds. The van der Waals surface area contributed by atoms with Gasteiger partial charge < -0.3 is 9.47 Å². The van der Waals surface area contributed by atoms with E-state index in [2.05, 4.69) is 12.6 Å². The highest BCUT2D eigenvalue weighted by Crippen LogP contribution is 2.20. The molecule has 1 aromatic rings. The van der Waals surface area contributed by atoms with E-state index >= 15 is 0 Å². The number of hydrogen-bond donors (Lipinski definition) is 1. The van der Waals surface area contributed by atoms with E-state index < -0.39 is 0 Å². The van der Waals surface area contributed by atoms with Crippen LogP contribution < -0.4 is 4.74 Å². The minimum Gasteiger partial charge on any atom is -0.490 e. The molecule has 3 heteroatoms. The van der Waals surface area contributed by atoms with Crippen LogP contribution in [0.5, 0.6) is 5.75 Å². The average Bonchev–Trinajstić information content (AvgIpc) is 2.15. The number of hydrogen-bond acceptors (Lipinski definition) is 3. The van der Waals surface area contributed by atoms with Gasteiger partial charge >= 0.3 is 0 Å². The normalized spacial score (nSPS) is 10.0. The van der Waals surface area contributed by atoms with Crippen molar-refractivity contribution >= 4 is 12.6 Å². The van der Waals surface area contributed by atoms with Gasteiger partial charge in [0, 0.05) is 11.5 Å². The Balaban J connectivity index is 2.32. The van der Waals surface area contributed by atoms with Crippen molar-refractivity contribution in [1.82, 2.24) is 0 Å². The Morgan fingerprint density at radius 2 is 2.00 bits per heavy atom. The Labute approximate surface area is 84.3 Å². The molecule has 0 saturated carbocycles. The molecular formula is C10H14O2S.